The minimum Gasteiger partial charge on any atom is -0.456 e. The SMILES string of the molecule is Cc1cc(C(=O)OCc2ccccc2)[nH]c1C. The van der Waals surface area contributed by atoms with Gasteiger partial charge in [-0.15, -0.1) is 0 Å². The van der Waals surface area contributed by atoms with E-state index < -0.39 is 0 Å². The third-order valence-electron chi connectivity index (χ3n) is 2.71. The van der Waals surface area contributed by atoms with E-state index in [-0.39, 0.29) is 5.97 Å². The molecule has 1 N–H and O–H groups in total. The monoisotopic (exact) mass is 229 g/mol. The molecule has 0 radical (unpaired) electrons. The average Bonchev–Trinajstić information content (AvgIpc) is 2.68. The number of esters is 1. The normalized spacial score (nSPS) is 10.2. The molecule has 0 saturated heterocycles. The number of hydrogen-bond donors (Lipinski definition) is 1. The summed E-state index contributed by atoms with van der Waals surface area (Å²) in [4.78, 5) is 14.7. The zero-order valence-electron chi connectivity index (χ0n) is 9.99. The average molecular weight is 229 g/mol. The number of H-pyrrole nitrogens is 1. The van der Waals surface area contributed by atoms with Gasteiger partial charge in [0.1, 0.15) is 12.3 Å². The highest BCUT2D eigenvalue weighted by atomic mass is 16.5. The molecule has 17 heavy (non-hydrogen) atoms. The van der Waals surface area contributed by atoms with Crippen molar-refractivity contribution in [3.8, 4) is 0 Å². The van der Waals surface area contributed by atoms with Crippen molar-refractivity contribution >= 4 is 5.97 Å². The lowest BCUT2D eigenvalue weighted by Gasteiger charge is -2.03. The lowest BCUT2D eigenvalue weighted by atomic mass is 10.2. The van der Waals surface area contributed by atoms with E-state index in [1.165, 1.54) is 0 Å². The lowest BCUT2D eigenvalue weighted by molar-refractivity contribution is 0.0466. The molecule has 1 heterocycles. The van der Waals surface area contributed by atoms with Crippen molar-refractivity contribution in [2.24, 2.45) is 0 Å². The van der Waals surface area contributed by atoms with E-state index in [4.69, 9.17) is 4.74 Å². The van der Waals surface area contributed by atoms with Crippen molar-refractivity contribution < 1.29 is 9.53 Å². The van der Waals surface area contributed by atoms with E-state index in [2.05, 4.69) is 4.98 Å². The van der Waals surface area contributed by atoms with Crippen LogP contribution < -0.4 is 0 Å². The highest BCUT2D eigenvalue weighted by Crippen LogP contribution is 2.10. The Labute approximate surface area is 100 Å². The van der Waals surface area contributed by atoms with Crippen LogP contribution in [0.4, 0.5) is 0 Å². The van der Waals surface area contributed by atoms with Crippen molar-refractivity contribution in [1.82, 2.24) is 4.98 Å². The number of ether oxygens (including phenoxy) is 1. The van der Waals surface area contributed by atoms with E-state index >= 15 is 0 Å². The Morgan fingerprint density at radius 3 is 2.53 bits per heavy atom. The summed E-state index contributed by atoms with van der Waals surface area (Å²) in [5, 5.41) is 0. The number of aromatic amines is 1. The second-order valence-corrected chi connectivity index (χ2v) is 4.05. The van der Waals surface area contributed by atoms with E-state index in [9.17, 15) is 4.79 Å². The fraction of sp³-hybridized carbons (Fsp3) is 0.214. The van der Waals surface area contributed by atoms with Crippen molar-refractivity contribution in [3.63, 3.8) is 0 Å². The maximum atomic E-state index is 11.7. The summed E-state index contributed by atoms with van der Waals surface area (Å²) >= 11 is 0. The zero-order valence-corrected chi connectivity index (χ0v) is 9.99. The van der Waals surface area contributed by atoms with Gasteiger partial charge in [0.2, 0.25) is 0 Å². The summed E-state index contributed by atoms with van der Waals surface area (Å²) in [7, 11) is 0. The molecule has 0 aliphatic rings. The van der Waals surface area contributed by atoms with Crippen LogP contribution in [0, 0.1) is 13.8 Å². The standard InChI is InChI=1S/C14H15NO2/c1-10-8-13(15-11(10)2)14(16)17-9-12-6-4-3-5-7-12/h3-8,15H,9H2,1-2H3. The summed E-state index contributed by atoms with van der Waals surface area (Å²) in [5.41, 5.74) is 3.56. The second-order valence-electron chi connectivity index (χ2n) is 4.05. The molecule has 0 saturated carbocycles. The molecule has 1 aromatic carbocycles. The van der Waals surface area contributed by atoms with E-state index in [1.807, 2.05) is 50.2 Å². The second kappa shape index (κ2) is 4.87. The largest absolute Gasteiger partial charge is 0.456 e. The van der Waals surface area contributed by atoms with Gasteiger partial charge in [-0.1, -0.05) is 30.3 Å². The summed E-state index contributed by atoms with van der Waals surface area (Å²) in [6, 6.07) is 11.4. The molecule has 2 rings (SSSR count). The predicted octanol–water partition coefficient (Wildman–Crippen LogP) is 2.99. The van der Waals surface area contributed by atoms with Crippen molar-refractivity contribution in [1.29, 1.82) is 0 Å². The number of carbonyl (C=O) groups excluding carboxylic acids is 1. The minimum absolute atomic E-state index is 0.302. The van der Waals surface area contributed by atoms with Crippen molar-refractivity contribution in [2.45, 2.75) is 20.5 Å². The Hall–Kier alpha value is -2.03. The Bertz CT molecular complexity index is 495. The summed E-state index contributed by atoms with van der Waals surface area (Å²) in [6.45, 7) is 4.19. The number of nitrogens with one attached hydrogen (secondary N) is 1. The van der Waals surface area contributed by atoms with Crippen LogP contribution in [0.15, 0.2) is 36.4 Å². The highest BCUT2D eigenvalue weighted by molar-refractivity contribution is 5.87. The first-order chi connectivity index (χ1) is 8.16. The Morgan fingerprint density at radius 1 is 1.24 bits per heavy atom. The highest BCUT2D eigenvalue weighted by Gasteiger charge is 2.10. The Balaban J connectivity index is 1.98. The van der Waals surface area contributed by atoms with Crippen LogP contribution in [0.1, 0.15) is 27.3 Å². The Morgan fingerprint density at radius 2 is 1.94 bits per heavy atom. The number of rotatable bonds is 3. The first kappa shape index (κ1) is 11.5. The molecular formula is C14H15NO2. The lowest BCUT2D eigenvalue weighted by Crippen LogP contribution is -2.05. The molecule has 3 heteroatoms. The van der Waals surface area contributed by atoms with Crippen LogP contribution in [0.25, 0.3) is 0 Å². The van der Waals surface area contributed by atoms with Gasteiger partial charge in [0.15, 0.2) is 0 Å². The van der Waals surface area contributed by atoms with Gasteiger partial charge in [-0.25, -0.2) is 4.79 Å². The molecule has 0 bridgehead atoms. The van der Waals surface area contributed by atoms with Crippen LogP contribution in [-0.2, 0) is 11.3 Å². The fourth-order valence-electron chi connectivity index (χ4n) is 1.57. The number of aromatic nitrogens is 1. The molecule has 88 valence electrons. The number of carbonyl (C=O) groups is 1. The number of hydrogen-bond acceptors (Lipinski definition) is 2. The molecule has 0 unspecified atom stereocenters. The van der Waals surface area contributed by atoms with Crippen LogP contribution in [0.3, 0.4) is 0 Å². The van der Waals surface area contributed by atoms with Crippen LogP contribution >= 0.6 is 0 Å². The molecule has 0 aliphatic carbocycles. The van der Waals surface area contributed by atoms with Gasteiger partial charge in [0, 0.05) is 5.69 Å². The maximum Gasteiger partial charge on any atom is 0.355 e. The molecule has 0 aliphatic heterocycles. The molecule has 0 spiro atoms. The topological polar surface area (TPSA) is 42.1 Å². The van der Waals surface area contributed by atoms with E-state index in [0.29, 0.717) is 12.3 Å². The quantitative estimate of drug-likeness (QED) is 0.822. The van der Waals surface area contributed by atoms with E-state index in [1.54, 1.807) is 0 Å². The van der Waals surface area contributed by atoms with Gasteiger partial charge >= 0.3 is 5.97 Å². The van der Waals surface area contributed by atoms with Crippen molar-refractivity contribution in [3.05, 3.63) is 58.9 Å². The van der Waals surface area contributed by atoms with E-state index in [0.717, 1.165) is 16.8 Å². The molecule has 3 nitrogen and oxygen atoms in total. The van der Waals surface area contributed by atoms with Crippen molar-refractivity contribution in [2.75, 3.05) is 0 Å². The van der Waals surface area contributed by atoms with Gasteiger partial charge in [-0.2, -0.15) is 0 Å². The van der Waals surface area contributed by atoms with Crippen LogP contribution in [-0.4, -0.2) is 11.0 Å². The van der Waals surface area contributed by atoms with Crippen LogP contribution in [0.5, 0.6) is 0 Å². The van der Waals surface area contributed by atoms with Gasteiger partial charge in [0.05, 0.1) is 0 Å². The third-order valence-corrected chi connectivity index (χ3v) is 2.71. The first-order valence-corrected chi connectivity index (χ1v) is 5.54. The smallest absolute Gasteiger partial charge is 0.355 e. The summed E-state index contributed by atoms with van der Waals surface area (Å²) < 4.78 is 5.21. The first-order valence-electron chi connectivity index (χ1n) is 5.54. The number of benzene rings is 1. The molecule has 2 aromatic rings. The number of aryl methyl sites for hydroxylation is 2. The molecular weight excluding hydrogens is 214 g/mol. The summed E-state index contributed by atoms with van der Waals surface area (Å²) in [6.07, 6.45) is 0. The van der Waals surface area contributed by atoms with Gasteiger partial charge in [-0.05, 0) is 31.0 Å². The fourth-order valence-corrected chi connectivity index (χ4v) is 1.57. The minimum atomic E-state index is -0.315. The van der Waals surface area contributed by atoms with Crippen LogP contribution in [0.2, 0.25) is 0 Å². The van der Waals surface area contributed by atoms with Gasteiger partial charge in [-0.3, -0.25) is 0 Å². The zero-order chi connectivity index (χ0) is 12.3. The van der Waals surface area contributed by atoms with Gasteiger partial charge < -0.3 is 9.72 Å². The Kier molecular flexibility index (Phi) is 3.28. The molecule has 1 aromatic heterocycles. The molecule has 0 atom stereocenters. The maximum absolute atomic E-state index is 11.7. The van der Waals surface area contributed by atoms with Gasteiger partial charge in [0.25, 0.3) is 0 Å². The molecule has 0 amide bonds. The summed E-state index contributed by atoms with van der Waals surface area (Å²) in [5.74, 6) is -0.315. The third kappa shape index (κ3) is 2.75. The predicted molar refractivity (Wildman–Crippen MR) is 65.8 cm³/mol. The molecule has 0 fully saturated rings.